The number of nitrogens with one attached hydrogen (secondary N) is 1. The first-order valence-electron chi connectivity index (χ1n) is 6.72. The fraction of sp³-hybridized carbons (Fsp3) is 0.200. The van der Waals surface area contributed by atoms with Crippen LogP contribution < -0.4 is 11.1 Å². The quantitative estimate of drug-likeness (QED) is 0.775. The van der Waals surface area contributed by atoms with Gasteiger partial charge in [-0.15, -0.1) is 11.3 Å². The Balaban J connectivity index is 1.72. The molecule has 3 aromatic rings. The molecular formula is C15H14FN3O2S. The van der Waals surface area contributed by atoms with E-state index < -0.39 is 5.82 Å². The van der Waals surface area contributed by atoms with Crippen LogP contribution in [0.1, 0.15) is 21.8 Å². The number of furan rings is 1. The van der Waals surface area contributed by atoms with E-state index in [-0.39, 0.29) is 17.3 Å². The summed E-state index contributed by atoms with van der Waals surface area (Å²) in [6.07, 6.45) is 0.576. The number of benzene rings is 1. The van der Waals surface area contributed by atoms with Crippen molar-refractivity contribution in [3.8, 4) is 0 Å². The molecule has 0 saturated heterocycles. The Morgan fingerprint density at radius 3 is 3.00 bits per heavy atom. The van der Waals surface area contributed by atoms with Crippen LogP contribution in [0.15, 0.2) is 28.0 Å². The number of rotatable bonds is 4. The summed E-state index contributed by atoms with van der Waals surface area (Å²) in [6.45, 7) is 2.14. The van der Waals surface area contributed by atoms with E-state index in [0.717, 1.165) is 5.69 Å². The Morgan fingerprint density at radius 1 is 1.50 bits per heavy atom. The second-order valence-corrected chi connectivity index (χ2v) is 5.75. The second-order valence-electron chi connectivity index (χ2n) is 4.86. The fourth-order valence-electron chi connectivity index (χ4n) is 2.25. The molecule has 3 rings (SSSR count). The molecule has 0 radical (unpaired) electrons. The second kappa shape index (κ2) is 5.76. The number of fused-ring (bicyclic) bond motifs is 1. The molecule has 0 atom stereocenters. The van der Waals surface area contributed by atoms with Crippen LogP contribution in [-0.4, -0.2) is 17.4 Å². The molecule has 0 saturated carbocycles. The summed E-state index contributed by atoms with van der Waals surface area (Å²) in [5, 5.41) is 5.71. The molecule has 7 heteroatoms. The lowest BCUT2D eigenvalue weighted by Crippen LogP contribution is -2.25. The zero-order valence-corrected chi connectivity index (χ0v) is 12.7. The molecular weight excluding hydrogens is 305 g/mol. The van der Waals surface area contributed by atoms with Gasteiger partial charge in [0.15, 0.2) is 22.3 Å². The molecule has 1 aromatic carbocycles. The predicted molar refractivity (Wildman–Crippen MR) is 83.5 cm³/mol. The van der Waals surface area contributed by atoms with Gasteiger partial charge < -0.3 is 15.5 Å². The number of aromatic nitrogens is 1. The summed E-state index contributed by atoms with van der Waals surface area (Å²) in [5.74, 6) is -0.702. The predicted octanol–water partition coefficient (Wildman–Crippen LogP) is 2.89. The van der Waals surface area contributed by atoms with Crippen LogP contribution >= 0.6 is 11.3 Å². The van der Waals surface area contributed by atoms with Crippen molar-refractivity contribution in [3.05, 3.63) is 46.4 Å². The zero-order chi connectivity index (χ0) is 15.7. The monoisotopic (exact) mass is 319 g/mol. The standard InChI is InChI=1S/C15H14FN3O2S/c1-8-10-3-2-4-11(16)13(10)21-12(8)14(20)18-6-5-9-7-22-15(17)19-9/h2-4,7H,5-6H2,1H3,(H2,17,19)(H,18,20). The Hall–Kier alpha value is -2.41. The normalized spacial score (nSPS) is 11.0. The Morgan fingerprint density at radius 2 is 2.32 bits per heavy atom. The van der Waals surface area contributed by atoms with Crippen molar-refractivity contribution in [2.45, 2.75) is 13.3 Å². The fourth-order valence-corrected chi connectivity index (χ4v) is 2.84. The molecule has 0 aliphatic carbocycles. The SMILES string of the molecule is Cc1c(C(=O)NCCc2csc(N)n2)oc2c(F)cccc12. The van der Waals surface area contributed by atoms with Crippen LogP contribution in [0.2, 0.25) is 0 Å². The van der Waals surface area contributed by atoms with Crippen LogP contribution in [0.4, 0.5) is 9.52 Å². The number of hydrogen-bond donors (Lipinski definition) is 2. The van der Waals surface area contributed by atoms with Crippen molar-refractivity contribution in [2.24, 2.45) is 0 Å². The Kier molecular flexibility index (Phi) is 3.81. The molecule has 114 valence electrons. The maximum atomic E-state index is 13.7. The number of halogens is 1. The molecule has 3 N–H and O–H groups in total. The van der Waals surface area contributed by atoms with Gasteiger partial charge in [0.05, 0.1) is 5.69 Å². The number of amides is 1. The number of nitrogens with zero attached hydrogens (tertiary/aromatic N) is 1. The van der Waals surface area contributed by atoms with Crippen molar-refractivity contribution in [2.75, 3.05) is 12.3 Å². The third-order valence-corrected chi connectivity index (χ3v) is 4.08. The average molecular weight is 319 g/mol. The van der Waals surface area contributed by atoms with E-state index in [1.54, 1.807) is 19.1 Å². The molecule has 0 fully saturated rings. The number of hydrogen-bond acceptors (Lipinski definition) is 5. The molecule has 0 aliphatic heterocycles. The molecule has 0 unspecified atom stereocenters. The topological polar surface area (TPSA) is 81.2 Å². The highest BCUT2D eigenvalue weighted by Gasteiger charge is 2.19. The summed E-state index contributed by atoms with van der Waals surface area (Å²) in [4.78, 5) is 16.3. The molecule has 0 aliphatic rings. The number of nitrogens with two attached hydrogens (primary N) is 1. The maximum absolute atomic E-state index is 13.7. The van der Waals surface area contributed by atoms with Gasteiger partial charge in [-0.25, -0.2) is 9.37 Å². The van der Waals surface area contributed by atoms with Gasteiger partial charge >= 0.3 is 0 Å². The molecule has 2 heterocycles. The highest BCUT2D eigenvalue weighted by molar-refractivity contribution is 7.13. The van der Waals surface area contributed by atoms with E-state index in [9.17, 15) is 9.18 Å². The minimum atomic E-state index is -0.474. The van der Waals surface area contributed by atoms with Crippen LogP contribution in [0.5, 0.6) is 0 Å². The first kappa shape index (κ1) is 14.5. The lowest BCUT2D eigenvalue weighted by atomic mass is 10.1. The van der Waals surface area contributed by atoms with Crippen molar-refractivity contribution < 1.29 is 13.6 Å². The number of carbonyl (C=O) groups excluding carboxylic acids is 1. The van der Waals surface area contributed by atoms with Crippen LogP contribution in [0, 0.1) is 12.7 Å². The van der Waals surface area contributed by atoms with Gasteiger partial charge in [0.2, 0.25) is 0 Å². The molecule has 5 nitrogen and oxygen atoms in total. The van der Waals surface area contributed by atoms with Crippen molar-refractivity contribution in [3.63, 3.8) is 0 Å². The molecule has 2 aromatic heterocycles. The van der Waals surface area contributed by atoms with Crippen LogP contribution in [0.3, 0.4) is 0 Å². The van der Waals surface area contributed by atoms with E-state index in [1.807, 2.05) is 5.38 Å². The Labute approximate surface area is 130 Å². The first-order chi connectivity index (χ1) is 10.6. The van der Waals surface area contributed by atoms with Crippen molar-refractivity contribution >= 4 is 33.3 Å². The molecule has 22 heavy (non-hydrogen) atoms. The minimum Gasteiger partial charge on any atom is -0.448 e. The largest absolute Gasteiger partial charge is 0.448 e. The van der Waals surface area contributed by atoms with Gasteiger partial charge in [0.25, 0.3) is 5.91 Å². The summed E-state index contributed by atoms with van der Waals surface area (Å²) in [5.41, 5.74) is 7.11. The summed E-state index contributed by atoms with van der Waals surface area (Å²) in [6, 6.07) is 4.63. The van der Waals surface area contributed by atoms with E-state index in [1.165, 1.54) is 17.4 Å². The van der Waals surface area contributed by atoms with E-state index >= 15 is 0 Å². The number of para-hydroxylation sites is 1. The first-order valence-corrected chi connectivity index (χ1v) is 7.60. The minimum absolute atomic E-state index is 0.109. The summed E-state index contributed by atoms with van der Waals surface area (Å²) >= 11 is 1.36. The number of anilines is 1. The van der Waals surface area contributed by atoms with Crippen molar-refractivity contribution in [1.82, 2.24) is 10.3 Å². The van der Waals surface area contributed by atoms with Gasteiger partial charge in [-0.3, -0.25) is 4.79 Å². The van der Waals surface area contributed by atoms with E-state index in [0.29, 0.717) is 29.0 Å². The molecule has 1 amide bonds. The number of thiazole rings is 1. The number of carbonyl (C=O) groups is 1. The highest BCUT2D eigenvalue weighted by atomic mass is 32.1. The molecule has 0 bridgehead atoms. The van der Waals surface area contributed by atoms with Crippen molar-refractivity contribution in [1.29, 1.82) is 0 Å². The third kappa shape index (κ3) is 2.67. The van der Waals surface area contributed by atoms with Gasteiger partial charge in [0, 0.05) is 29.3 Å². The summed E-state index contributed by atoms with van der Waals surface area (Å²) in [7, 11) is 0. The van der Waals surface area contributed by atoms with Gasteiger partial charge in [-0.05, 0) is 13.0 Å². The van der Waals surface area contributed by atoms with Crippen LogP contribution in [0.25, 0.3) is 11.0 Å². The third-order valence-electron chi connectivity index (χ3n) is 3.36. The average Bonchev–Trinajstić information content (AvgIpc) is 3.04. The zero-order valence-electron chi connectivity index (χ0n) is 11.9. The number of aryl methyl sites for hydroxylation is 1. The van der Waals surface area contributed by atoms with Gasteiger partial charge in [-0.1, -0.05) is 12.1 Å². The highest BCUT2D eigenvalue weighted by Crippen LogP contribution is 2.27. The Bertz CT molecular complexity index is 841. The van der Waals surface area contributed by atoms with E-state index in [4.69, 9.17) is 10.2 Å². The molecule has 0 spiro atoms. The van der Waals surface area contributed by atoms with Gasteiger partial charge in [-0.2, -0.15) is 0 Å². The smallest absolute Gasteiger partial charge is 0.287 e. The lowest BCUT2D eigenvalue weighted by molar-refractivity contribution is 0.0927. The maximum Gasteiger partial charge on any atom is 0.287 e. The summed E-state index contributed by atoms with van der Waals surface area (Å²) < 4.78 is 19.1. The lowest BCUT2D eigenvalue weighted by Gasteiger charge is -2.02. The van der Waals surface area contributed by atoms with E-state index in [2.05, 4.69) is 10.3 Å². The van der Waals surface area contributed by atoms with Gasteiger partial charge in [0.1, 0.15) is 0 Å². The van der Waals surface area contributed by atoms with Crippen LogP contribution in [-0.2, 0) is 6.42 Å². The number of nitrogen functional groups attached to an aromatic ring is 1.